The lowest BCUT2D eigenvalue weighted by atomic mass is 10.2. The van der Waals surface area contributed by atoms with Crippen molar-refractivity contribution >= 4 is 34.0 Å². The van der Waals surface area contributed by atoms with Gasteiger partial charge in [-0.25, -0.2) is 9.97 Å². The Morgan fingerprint density at radius 2 is 1.84 bits per heavy atom. The highest BCUT2D eigenvalue weighted by Gasteiger charge is 2.12. The SMILES string of the molecule is CN(C)c1cccc(NC(=O)CN(C)c2ncnc3ccccc23)c1. The molecule has 6 heteroatoms. The lowest BCUT2D eigenvalue weighted by molar-refractivity contribution is -0.114. The van der Waals surface area contributed by atoms with E-state index < -0.39 is 0 Å². The van der Waals surface area contributed by atoms with Gasteiger partial charge in [-0.05, 0) is 30.3 Å². The molecule has 0 saturated heterocycles. The fraction of sp³-hybridized carbons (Fsp3) is 0.211. The number of benzene rings is 2. The summed E-state index contributed by atoms with van der Waals surface area (Å²) in [5.74, 6) is 0.642. The van der Waals surface area contributed by atoms with Crippen molar-refractivity contribution in [2.24, 2.45) is 0 Å². The highest BCUT2D eigenvalue weighted by atomic mass is 16.2. The molecule has 0 aliphatic carbocycles. The average molecular weight is 335 g/mol. The van der Waals surface area contributed by atoms with Crippen LogP contribution in [0.1, 0.15) is 0 Å². The van der Waals surface area contributed by atoms with Crippen molar-refractivity contribution in [3.8, 4) is 0 Å². The number of anilines is 3. The van der Waals surface area contributed by atoms with Gasteiger partial charge in [-0.3, -0.25) is 4.79 Å². The monoisotopic (exact) mass is 335 g/mol. The Labute approximate surface area is 147 Å². The summed E-state index contributed by atoms with van der Waals surface area (Å²) in [5, 5.41) is 3.86. The molecule has 1 heterocycles. The number of para-hydroxylation sites is 1. The van der Waals surface area contributed by atoms with Crippen LogP contribution < -0.4 is 15.1 Å². The normalized spacial score (nSPS) is 10.5. The second-order valence-corrected chi connectivity index (χ2v) is 6.06. The minimum absolute atomic E-state index is 0.0962. The van der Waals surface area contributed by atoms with Crippen LogP contribution in [0.2, 0.25) is 0 Å². The second-order valence-electron chi connectivity index (χ2n) is 6.06. The molecule has 3 aromatic rings. The highest BCUT2D eigenvalue weighted by Crippen LogP contribution is 2.21. The van der Waals surface area contributed by atoms with Gasteiger partial charge in [0.2, 0.25) is 5.91 Å². The van der Waals surface area contributed by atoms with Crippen LogP contribution in [-0.2, 0) is 4.79 Å². The molecule has 25 heavy (non-hydrogen) atoms. The van der Waals surface area contributed by atoms with E-state index in [2.05, 4.69) is 15.3 Å². The first-order chi connectivity index (χ1) is 12.0. The molecule has 0 aliphatic heterocycles. The number of rotatable bonds is 5. The molecule has 0 saturated carbocycles. The third kappa shape index (κ3) is 3.85. The largest absolute Gasteiger partial charge is 0.378 e. The molecular weight excluding hydrogens is 314 g/mol. The molecule has 1 aromatic heterocycles. The maximum absolute atomic E-state index is 12.4. The summed E-state index contributed by atoms with van der Waals surface area (Å²) in [5.41, 5.74) is 2.67. The van der Waals surface area contributed by atoms with E-state index in [0.29, 0.717) is 0 Å². The van der Waals surface area contributed by atoms with E-state index >= 15 is 0 Å². The Bertz CT molecular complexity index is 888. The number of amides is 1. The van der Waals surface area contributed by atoms with Gasteiger partial charge in [0.15, 0.2) is 0 Å². The fourth-order valence-electron chi connectivity index (χ4n) is 2.65. The summed E-state index contributed by atoms with van der Waals surface area (Å²) < 4.78 is 0. The summed E-state index contributed by atoms with van der Waals surface area (Å²) in [6, 6.07) is 15.5. The van der Waals surface area contributed by atoms with Gasteiger partial charge in [0, 0.05) is 37.9 Å². The first-order valence-corrected chi connectivity index (χ1v) is 8.03. The van der Waals surface area contributed by atoms with Crippen LogP contribution in [0.25, 0.3) is 10.9 Å². The molecular formula is C19H21N5O. The predicted octanol–water partition coefficient (Wildman–Crippen LogP) is 2.77. The number of likely N-dealkylation sites (N-methyl/N-ethyl adjacent to an activating group) is 1. The van der Waals surface area contributed by atoms with E-state index in [0.717, 1.165) is 28.1 Å². The van der Waals surface area contributed by atoms with Crippen LogP contribution in [0, 0.1) is 0 Å². The van der Waals surface area contributed by atoms with Crippen molar-refractivity contribution in [3.05, 3.63) is 54.9 Å². The second kappa shape index (κ2) is 7.17. The summed E-state index contributed by atoms with van der Waals surface area (Å²) in [4.78, 5) is 24.8. The molecule has 0 radical (unpaired) electrons. The Balaban J connectivity index is 1.73. The van der Waals surface area contributed by atoms with Crippen molar-refractivity contribution in [2.75, 3.05) is 42.8 Å². The molecule has 128 valence electrons. The van der Waals surface area contributed by atoms with E-state index in [1.54, 1.807) is 0 Å². The maximum atomic E-state index is 12.4. The zero-order valence-corrected chi connectivity index (χ0v) is 14.6. The van der Waals surface area contributed by atoms with Crippen molar-refractivity contribution in [3.63, 3.8) is 0 Å². The van der Waals surface area contributed by atoms with Gasteiger partial charge in [0.25, 0.3) is 0 Å². The van der Waals surface area contributed by atoms with Gasteiger partial charge < -0.3 is 15.1 Å². The van der Waals surface area contributed by atoms with Gasteiger partial charge in [0.1, 0.15) is 12.1 Å². The van der Waals surface area contributed by atoms with E-state index in [1.165, 1.54) is 6.33 Å². The third-order valence-corrected chi connectivity index (χ3v) is 3.91. The van der Waals surface area contributed by atoms with E-state index in [1.807, 2.05) is 79.5 Å². The smallest absolute Gasteiger partial charge is 0.243 e. The van der Waals surface area contributed by atoms with Gasteiger partial charge in [0.05, 0.1) is 12.1 Å². The Morgan fingerprint density at radius 1 is 1.04 bits per heavy atom. The molecule has 0 spiro atoms. The minimum Gasteiger partial charge on any atom is -0.378 e. The van der Waals surface area contributed by atoms with Gasteiger partial charge in [-0.1, -0.05) is 18.2 Å². The number of aromatic nitrogens is 2. The predicted molar refractivity (Wildman–Crippen MR) is 102 cm³/mol. The molecule has 0 fully saturated rings. The van der Waals surface area contributed by atoms with Gasteiger partial charge in [-0.2, -0.15) is 0 Å². The molecule has 1 N–H and O–H groups in total. The summed E-state index contributed by atoms with van der Waals surface area (Å²) >= 11 is 0. The number of fused-ring (bicyclic) bond motifs is 1. The number of carbonyl (C=O) groups excluding carboxylic acids is 1. The Hall–Kier alpha value is -3.15. The van der Waals surface area contributed by atoms with Crippen LogP contribution >= 0.6 is 0 Å². The topological polar surface area (TPSA) is 61.4 Å². The highest BCUT2D eigenvalue weighted by molar-refractivity contribution is 5.96. The van der Waals surface area contributed by atoms with E-state index in [9.17, 15) is 4.79 Å². The van der Waals surface area contributed by atoms with Crippen molar-refractivity contribution < 1.29 is 4.79 Å². The molecule has 0 atom stereocenters. The zero-order chi connectivity index (χ0) is 17.8. The van der Waals surface area contributed by atoms with Crippen molar-refractivity contribution in [1.82, 2.24) is 9.97 Å². The van der Waals surface area contributed by atoms with Crippen LogP contribution in [0.4, 0.5) is 17.2 Å². The lowest BCUT2D eigenvalue weighted by Crippen LogP contribution is -2.30. The molecule has 2 aromatic carbocycles. The number of hydrogen-bond donors (Lipinski definition) is 1. The number of carbonyl (C=O) groups is 1. The van der Waals surface area contributed by atoms with E-state index in [-0.39, 0.29) is 12.5 Å². The minimum atomic E-state index is -0.0962. The zero-order valence-electron chi connectivity index (χ0n) is 14.6. The molecule has 0 bridgehead atoms. The molecule has 0 unspecified atom stereocenters. The summed E-state index contributed by atoms with van der Waals surface area (Å²) in [6.07, 6.45) is 1.52. The molecule has 3 rings (SSSR count). The summed E-state index contributed by atoms with van der Waals surface area (Å²) in [6.45, 7) is 0.202. The third-order valence-electron chi connectivity index (χ3n) is 3.91. The molecule has 6 nitrogen and oxygen atoms in total. The number of nitrogens with zero attached hydrogens (tertiary/aromatic N) is 4. The first kappa shape index (κ1) is 16.7. The Morgan fingerprint density at radius 3 is 2.64 bits per heavy atom. The first-order valence-electron chi connectivity index (χ1n) is 8.03. The van der Waals surface area contributed by atoms with Gasteiger partial charge in [-0.15, -0.1) is 0 Å². The quantitative estimate of drug-likeness (QED) is 0.777. The molecule has 1 amide bonds. The van der Waals surface area contributed by atoms with Gasteiger partial charge >= 0.3 is 0 Å². The lowest BCUT2D eigenvalue weighted by Gasteiger charge is -2.19. The fourth-order valence-corrected chi connectivity index (χ4v) is 2.65. The average Bonchev–Trinajstić information content (AvgIpc) is 2.61. The van der Waals surface area contributed by atoms with E-state index in [4.69, 9.17) is 0 Å². The van der Waals surface area contributed by atoms with Crippen molar-refractivity contribution in [1.29, 1.82) is 0 Å². The number of hydrogen-bond acceptors (Lipinski definition) is 5. The van der Waals surface area contributed by atoms with Crippen LogP contribution in [0.5, 0.6) is 0 Å². The van der Waals surface area contributed by atoms with Crippen molar-refractivity contribution in [2.45, 2.75) is 0 Å². The Kier molecular flexibility index (Phi) is 4.79. The maximum Gasteiger partial charge on any atom is 0.243 e. The number of nitrogens with one attached hydrogen (secondary N) is 1. The summed E-state index contributed by atoms with van der Waals surface area (Å²) in [7, 11) is 5.79. The van der Waals surface area contributed by atoms with Crippen LogP contribution in [-0.4, -0.2) is 43.6 Å². The molecule has 0 aliphatic rings. The van der Waals surface area contributed by atoms with Crippen LogP contribution in [0.15, 0.2) is 54.9 Å². The standard InChI is InChI=1S/C19H21N5O/c1-23(2)15-8-6-7-14(11-15)22-18(25)12-24(3)19-16-9-4-5-10-17(16)20-13-21-19/h4-11,13H,12H2,1-3H3,(H,22,25). The van der Waals surface area contributed by atoms with Crippen LogP contribution in [0.3, 0.4) is 0 Å².